The molecule has 2 aromatic rings. The Balaban J connectivity index is 0.00000210. The predicted molar refractivity (Wildman–Crippen MR) is 96.0 cm³/mol. The van der Waals surface area contributed by atoms with Crippen molar-refractivity contribution in [2.75, 3.05) is 18.4 Å². The van der Waals surface area contributed by atoms with Crippen LogP contribution in [-0.4, -0.2) is 29.3 Å². The van der Waals surface area contributed by atoms with Gasteiger partial charge in [0.1, 0.15) is 0 Å². The van der Waals surface area contributed by atoms with Crippen molar-refractivity contribution in [1.29, 1.82) is 0 Å². The van der Waals surface area contributed by atoms with E-state index in [1.807, 2.05) is 0 Å². The van der Waals surface area contributed by atoms with Crippen LogP contribution in [0.5, 0.6) is 0 Å². The van der Waals surface area contributed by atoms with Crippen LogP contribution in [0.4, 0.5) is 18.9 Å². The van der Waals surface area contributed by atoms with Gasteiger partial charge in [0.25, 0.3) is 0 Å². The number of H-pyrrole nitrogens is 1. The molecule has 1 aliphatic heterocycles. The maximum atomic E-state index is 13.4. The maximum Gasteiger partial charge on any atom is 0.434 e. The van der Waals surface area contributed by atoms with Crippen LogP contribution in [0, 0.1) is 5.41 Å². The Labute approximate surface area is 159 Å². The molecule has 3 N–H and O–H groups in total. The highest BCUT2D eigenvalue weighted by Crippen LogP contribution is 2.50. The molecule has 1 aromatic heterocycles. The minimum atomic E-state index is -4.47. The van der Waals surface area contributed by atoms with Crippen LogP contribution in [0.2, 0.25) is 0 Å². The molecule has 148 valence electrons. The summed E-state index contributed by atoms with van der Waals surface area (Å²) in [5.74, 6) is -0.779. The van der Waals surface area contributed by atoms with E-state index in [1.165, 1.54) is 12.1 Å². The summed E-state index contributed by atoms with van der Waals surface area (Å²) in [6.07, 6.45) is -0.682. The maximum absolute atomic E-state index is 13.4. The van der Waals surface area contributed by atoms with Crippen LogP contribution in [0.25, 0.3) is 11.5 Å². The predicted octanol–water partition coefficient (Wildman–Crippen LogP) is 3.41. The lowest BCUT2D eigenvalue weighted by Crippen LogP contribution is -2.54. The van der Waals surface area contributed by atoms with E-state index >= 15 is 0 Å². The summed E-state index contributed by atoms with van der Waals surface area (Å²) in [6, 6.07) is 3.62. The second-order valence-corrected chi connectivity index (χ2v) is 7.02. The van der Waals surface area contributed by atoms with Crippen LogP contribution in [-0.2, 0) is 6.18 Å². The van der Waals surface area contributed by atoms with Gasteiger partial charge in [0.15, 0.2) is 0 Å². The highest BCUT2D eigenvalue weighted by Gasteiger charge is 2.47. The number of nitrogens with one attached hydrogen (secondary N) is 3. The Morgan fingerprint density at radius 2 is 1.96 bits per heavy atom. The van der Waals surface area contributed by atoms with Crippen LogP contribution >= 0.6 is 12.4 Å². The minimum Gasteiger partial charge on any atom is -0.388 e. The van der Waals surface area contributed by atoms with Crippen molar-refractivity contribution < 1.29 is 17.6 Å². The summed E-state index contributed by atoms with van der Waals surface area (Å²) >= 11 is 0. The molecule has 2 fully saturated rings. The van der Waals surface area contributed by atoms with Gasteiger partial charge < -0.3 is 15.1 Å². The zero-order valence-corrected chi connectivity index (χ0v) is 15.2. The van der Waals surface area contributed by atoms with Gasteiger partial charge in [0.2, 0.25) is 5.89 Å². The van der Waals surface area contributed by atoms with E-state index in [-0.39, 0.29) is 35.4 Å². The Bertz CT molecular complexity index is 858. The Morgan fingerprint density at radius 3 is 2.52 bits per heavy atom. The number of benzene rings is 1. The molecule has 0 radical (unpaired) electrons. The molecule has 0 amide bonds. The molecular formula is C17H20ClF3N4O2. The molecule has 1 aliphatic carbocycles. The van der Waals surface area contributed by atoms with Crippen LogP contribution in [0.15, 0.2) is 27.4 Å². The van der Waals surface area contributed by atoms with Crippen molar-refractivity contribution in [2.24, 2.45) is 5.41 Å². The number of hydrogen-bond acceptors (Lipinski definition) is 5. The van der Waals surface area contributed by atoms with E-state index in [0.29, 0.717) is 5.56 Å². The van der Waals surface area contributed by atoms with E-state index < -0.39 is 17.5 Å². The number of nitrogens with zero attached hydrogens (tertiary/aromatic N) is 1. The van der Waals surface area contributed by atoms with Gasteiger partial charge in [0.05, 0.1) is 5.56 Å². The zero-order chi connectivity index (χ0) is 18.4. The highest BCUT2D eigenvalue weighted by molar-refractivity contribution is 5.85. The second kappa shape index (κ2) is 7.20. The molecule has 1 aromatic carbocycles. The van der Waals surface area contributed by atoms with E-state index in [1.54, 1.807) is 0 Å². The average Bonchev–Trinajstić information content (AvgIpc) is 3.05. The first-order chi connectivity index (χ1) is 12.4. The molecule has 1 saturated carbocycles. The first kappa shape index (κ1) is 19.8. The average molecular weight is 405 g/mol. The van der Waals surface area contributed by atoms with Gasteiger partial charge in [0, 0.05) is 17.3 Å². The topological polar surface area (TPSA) is 83.0 Å². The number of aromatic amines is 1. The van der Waals surface area contributed by atoms with Crippen molar-refractivity contribution >= 4 is 18.1 Å². The number of rotatable bonds is 3. The molecule has 0 unspecified atom stereocenters. The lowest BCUT2D eigenvalue weighted by molar-refractivity contribution is -0.137. The number of piperidine rings is 1. The van der Waals surface area contributed by atoms with Gasteiger partial charge in [-0.25, -0.2) is 9.89 Å². The lowest BCUT2D eigenvalue weighted by atomic mass is 9.59. The van der Waals surface area contributed by atoms with Crippen molar-refractivity contribution in [3.63, 3.8) is 0 Å². The van der Waals surface area contributed by atoms with Crippen molar-refractivity contribution in [2.45, 2.75) is 37.9 Å². The Hall–Kier alpha value is -2.00. The summed E-state index contributed by atoms with van der Waals surface area (Å²) in [5.41, 5.74) is -0.348. The van der Waals surface area contributed by atoms with E-state index in [0.717, 1.165) is 44.8 Å². The second-order valence-electron chi connectivity index (χ2n) is 7.02. The van der Waals surface area contributed by atoms with Gasteiger partial charge in [-0.1, -0.05) is 0 Å². The molecule has 2 aliphatic rings. The summed E-state index contributed by atoms with van der Waals surface area (Å²) in [5, 5.41) is 12.2. The summed E-state index contributed by atoms with van der Waals surface area (Å²) in [6.45, 7) is 1.78. The molecule has 6 nitrogen and oxygen atoms in total. The molecule has 4 rings (SSSR count). The van der Waals surface area contributed by atoms with Gasteiger partial charge in [-0.05, 0) is 62.4 Å². The number of anilines is 1. The van der Waals surface area contributed by atoms with E-state index in [4.69, 9.17) is 4.42 Å². The fourth-order valence-corrected chi connectivity index (χ4v) is 4.03. The summed E-state index contributed by atoms with van der Waals surface area (Å²) < 4.78 is 45.2. The molecule has 1 atom stereocenters. The summed E-state index contributed by atoms with van der Waals surface area (Å²) in [4.78, 5) is 11.1. The largest absolute Gasteiger partial charge is 0.434 e. The van der Waals surface area contributed by atoms with Crippen molar-refractivity contribution in [1.82, 2.24) is 15.5 Å². The standard InChI is InChI=1S/C17H19F3N4O2.ClH/c18-17(19,20)11-2-1-10(14-23-24-15(25)26-14)9-12(11)22-13-3-4-16(13)5-7-21-8-6-16;/h1-2,9,13,21-22H,3-8H2,(H,24,25);1H/t13-;/m0./s1. The molecular weight excluding hydrogens is 385 g/mol. The minimum absolute atomic E-state index is 0. The number of alkyl halides is 3. The number of hydrogen-bond donors (Lipinski definition) is 3. The normalized spacial score (nSPS) is 21.4. The van der Waals surface area contributed by atoms with Crippen molar-refractivity contribution in [3.05, 3.63) is 34.3 Å². The fraction of sp³-hybridized carbons (Fsp3) is 0.529. The SMILES string of the molecule is Cl.O=c1[nH]nc(-c2ccc(C(F)(F)F)c(N[C@H]3CCC34CCNCC4)c2)o1. The van der Waals surface area contributed by atoms with Gasteiger partial charge in [-0.2, -0.15) is 13.2 Å². The summed E-state index contributed by atoms with van der Waals surface area (Å²) in [7, 11) is 0. The molecule has 1 saturated heterocycles. The molecule has 27 heavy (non-hydrogen) atoms. The van der Waals surface area contributed by atoms with Crippen molar-refractivity contribution in [3.8, 4) is 11.5 Å². The third kappa shape index (κ3) is 3.70. The molecule has 2 heterocycles. The Kier molecular flexibility index (Phi) is 5.27. The van der Waals surface area contributed by atoms with E-state index in [2.05, 4.69) is 20.8 Å². The van der Waals surface area contributed by atoms with Gasteiger partial charge in [-0.3, -0.25) is 0 Å². The number of halogens is 4. The first-order valence-electron chi connectivity index (χ1n) is 8.62. The van der Waals surface area contributed by atoms with Crippen LogP contribution in [0.1, 0.15) is 31.2 Å². The van der Waals surface area contributed by atoms with E-state index in [9.17, 15) is 18.0 Å². The quantitative estimate of drug-likeness (QED) is 0.730. The van der Waals surface area contributed by atoms with Crippen LogP contribution in [0.3, 0.4) is 0 Å². The molecule has 10 heteroatoms. The zero-order valence-electron chi connectivity index (χ0n) is 14.4. The Morgan fingerprint density at radius 1 is 1.22 bits per heavy atom. The smallest absolute Gasteiger partial charge is 0.388 e. The van der Waals surface area contributed by atoms with Gasteiger partial charge >= 0.3 is 11.9 Å². The molecule has 0 bridgehead atoms. The monoisotopic (exact) mass is 404 g/mol. The number of aromatic nitrogens is 2. The lowest BCUT2D eigenvalue weighted by Gasteiger charge is -2.53. The third-order valence-electron chi connectivity index (χ3n) is 5.61. The third-order valence-corrected chi connectivity index (χ3v) is 5.61. The molecule has 1 spiro atoms. The van der Waals surface area contributed by atoms with Gasteiger partial charge in [-0.15, -0.1) is 17.5 Å². The highest BCUT2D eigenvalue weighted by atomic mass is 35.5. The fourth-order valence-electron chi connectivity index (χ4n) is 4.03. The van der Waals surface area contributed by atoms with Crippen LogP contribution < -0.4 is 16.4 Å². The first-order valence-corrected chi connectivity index (χ1v) is 8.62.